The van der Waals surface area contributed by atoms with Gasteiger partial charge < -0.3 is 4.74 Å². The first-order valence-corrected chi connectivity index (χ1v) is 6.03. The zero-order valence-electron chi connectivity index (χ0n) is 11.2. The monoisotopic (exact) mass is 222 g/mol. The van der Waals surface area contributed by atoms with Crippen molar-refractivity contribution in [1.82, 2.24) is 0 Å². The van der Waals surface area contributed by atoms with Crippen molar-refractivity contribution in [3.8, 4) is 0 Å². The first kappa shape index (κ1) is 11.7. The van der Waals surface area contributed by atoms with Gasteiger partial charge in [0.1, 0.15) is 11.4 Å². The highest BCUT2D eigenvalue weighted by Crippen LogP contribution is 2.55. The molecule has 0 saturated carbocycles. The van der Waals surface area contributed by atoms with Crippen LogP contribution in [0.25, 0.3) is 0 Å². The number of allylic oxidation sites excluding steroid dienone is 1. The van der Waals surface area contributed by atoms with E-state index in [0.717, 1.165) is 17.8 Å². The predicted octanol–water partition coefficient (Wildman–Crippen LogP) is 3.46. The summed E-state index contributed by atoms with van der Waals surface area (Å²) in [5.41, 5.74) is 0.549. The van der Waals surface area contributed by atoms with Gasteiger partial charge in [0.05, 0.1) is 0 Å². The van der Waals surface area contributed by atoms with Crippen LogP contribution in [0.15, 0.2) is 11.3 Å². The minimum Gasteiger partial charge on any atom is -0.491 e. The molecule has 0 radical (unpaired) electrons. The Labute approximate surface area is 98.1 Å². The average molecular weight is 222 g/mol. The second-order valence-corrected chi connectivity index (χ2v) is 6.98. The van der Waals surface area contributed by atoms with E-state index >= 15 is 0 Å². The van der Waals surface area contributed by atoms with E-state index in [0.29, 0.717) is 6.42 Å². The van der Waals surface area contributed by atoms with Gasteiger partial charge in [-0.2, -0.15) is 0 Å². The van der Waals surface area contributed by atoms with Crippen molar-refractivity contribution in [3.63, 3.8) is 0 Å². The third-order valence-electron chi connectivity index (χ3n) is 4.34. The number of ketones is 1. The van der Waals surface area contributed by atoms with E-state index in [9.17, 15) is 4.79 Å². The van der Waals surface area contributed by atoms with E-state index in [4.69, 9.17) is 4.74 Å². The van der Waals surface area contributed by atoms with Crippen molar-refractivity contribution in [2.75, 3.05) is 0 Å². The normalized spacial score (nSPS) is 30.0. The Kier molecular flexibility index (Phi) is 2.12. The molecule has 2 rings (SSSR count). The molecule has 0 unspecified atom stereocenters. The molecule has 0 aromatic rings. The first-order chi connectivity index (χ1) is 7.07. The number of hydrogen-bond donors (Lipinski definition) is 0. The van der Waals surface area contributed by atoms with Crippen LogP contribution in [0.3, 0.4) is 0 Å². The lowest BCUT2D eigenvalue weighted by Gasteiger charge is -2.35. The summed E-state index contributed by atoms with van der Waals surface area (Å²) in [6.07, 6.45) is 1.54. The Bertz CT molecular complexity index is 384. The Morgan fingerprint density at radius 3 is 2.12 bits per heavy atom. The predicted molar refractivity (Wildman–Crippen MR) is 64.0 cm³/mol. The Morgan fingerprint density at radius 1 is 1.00 bits per heavy atom. The molecule has 16 heavy (non-hydrogen) atoms. The van der Waals surface area contributed by atoms with Crippen molar-refractivity contribution >= 4 is 5.78 Å². The number of rotatable bonds is 0. The molecule has 2 nitrogen and oxygen atoms in total. The topological polar surface area (TPSA) is 26.3 Å². The van der Waals surface area contributed by atoms with E-state index in [1.54, 1.807) is 0 Å². The minimum atomic E-state index is -0.270. The second kappa shape index (κ2) is 2.91. The molecule has 0 bridgehead atoms. The van der Waals surface area contributed by atoms with Crippen LogP contribution in [0.2, 0.25) is 0 Å². The average Bonchev–Trinajstić information content (AvgIpc) is 2.13. The van der Waals surface area contributed by atoms with E-state index in [2.05, 4.69) is 41.5 Å². The maximum Gasteiger partial charge on any atom is 0.163 e. The lowest BCUT2D eigenvalue weighted by atomic mass is 9.66. The van der Waals surface area contributed by atoms with Crippen LogP contribution in [0.4, 0.5) is 0 Å². The van der Waals surface area contributed by atoms with Crippen LogP contribution in [-0.4, -0.2) is 11.4 Å². The van der Waals surface area contributed by atoms with Gasteiger partial charge in [-0.15, -0.1) is 0 Å². The van der Waals surface area contributed by atoms with E-state index in [1.807, 2.05) is 0 Å². The summed E-state index contributed by atoms with van der Waals surface area (Å²) in [4.78, 5) is 12.3. The molecule has 90 valence electrons. The van der Waals surface area contributed by atoms with E-state index < -0.39 is 0 Å². The van der Waals surface area contributed by atoms with Crippen LogP contribution in [-0.2, 0) is 9.53 Å². The third-order valence-corrected chi connectivity index (χ3v) is 4.34. The standard InChI is InChI=1S/C14H22O2/c1-12(2)7-9(15)11-10(8-12)16-14(5,6)13(11,3)4/h7-8H2,1-6H3. The molecule has 0 fully saturated rings. The molecule has 0 amide bonds. The highest BCUT2D eigenvalue weighted by molar-refractivity contribution is 5.99. The van der Waals surface area contributed by atoms with E-state index in [1.165, 1.54) is 0 Å². The van der Waals surface area contributed by atoms with E-state index in [-0.39, 0.29) is 22.2 Å². The molecule has 0 spiro atoms. The zero-order valence-corrected chi connectivity index (χ0v) is 11.2. The van der Waals surface area contributed by atoms with Gasteiger partial charge in [0.25, 0.3) is 0 Å². The number of hydrogen-bond acceptors (Lipinski definition) is 2. The van der Waals surface area contributed by atoms with Gasteiger partial charge in [0, 0.05) is 23.8 Å². The van der Waals surface area contributed by atoms with Crippen LogP contribution in [0, 0.1) is 10.8 Å². The maximum absolute atomic E-state index is 12.3. The van der Waals surface area contributed by atoms with Gasteiger partial charge in [0.2, 0.25) is 0 Å². The smallest absolute Gasteiger partial charge is 0.163 e. The summed E-state index contributed by atoms with van der Waals surface area (Å²) in [5, 5.41) is 0. The van der Waals surface area contributed by atoms with Gasteiger partial charge in [-0.3, -0.25) is 4.79 Å². The van der Waals surface area contributed by atoms with Crippen LogP contribution in [0.1, 0.15) is 54.4 Å². The third kappa shape index (κ3) is 1.42. The molecule has 1 aliphatic carbocycles. The molecule has 2 heteroatoms. The summed E-state index contributed by atoms with van der Waals surface area (Å²) in [6, 6.07) is 0. The van der Waals surface area contributed by atoms with Gasteiger partial charge >= 0.3 is 0 Å². The van der Waals surface area contributed by atoms with Crippen LogP contribution in [0.5, 0.6) is 0 Å². The van der Waals surface area contributed by atoms with Gasteiger partial charge in [-0.25, -0.2) is 0 Å². The van der Waals surface area contributed by atoms with Crippen molar-refractivity contribution in [2.24, 2.45) is 10.8 Å². The quantitative estimate of drug-likeness (QED) is 0.627. The van der Waals surface area contributed by atoms with Crippen LogP contribution >= 0.6 is 0 Å². The van der Waals surface area contributed by atoms with Crippen molar-refractivity contribution in [3.05, 3.63) is 11.3 Å². The highest BCUT2D eigenvalue weighted by Gasteiger charge is 2.54. The highest BCUT2D eigenvalue weighted by atomic mass is 16.5. The summed E-state index contributed by atoms with van der Waals surface area (Å²) in [5.74, 6) is 1.22. The largest absolute Gasteiger partial charge is 0.491 e. The van der Waals surface area contributed by atoms with Gasteiger partial charge in [-0.1, -0.05) is 27.7 Å². The summed E-state index contributed by atoms with van der Waals surface area (Å²) < 4.78 is 6.03. The molecular weight excluding hydrogens is 200 g/mol. The second-order valence-electron chi connectivity index (χ2n) is 6.98. The fourth-order valence-corrected chi connectivity index (χ4v) is 2.78. The molecule has 2 aliphatic rings. The molecule has 1 heterocycles. The van der Waals surface area contributed by atoms with Crippen LogP contribution < -0.4 is 0 Å². The molecule has 0 atom stereocenters. The number of ether oxygens (including phenoxy) is 1. The first-order valence-electron chi connectivity index (χ1n) is 6.03. The molecule has 0 aromatic carbocycles. The lowest BCUT2D eigenvalue weighted by molar-refractivity contribution is -0.119. The van der Waals surface area contributed by atoms with Crippen molar-refractivity contribution in [1.29, 1.82) is 0 Å². The fourth-order valence-electron chi connectivity index (χ4n) is 2.78. The van der Waals surface area contributed by atoms with Crippen molar-refractivity contribution in [2.45, 2.75) is 60.0 Å². The van der Waals surface area contributed by atoms with Crippen molar-refractivity contribution < 1.29 is 9.53 Å². The van der Waals surface area contributed by atoms with Gasteiger partial charge in [-0.05, 0) is 19.3 Å². The summed E-state index contributed by atoms with van der Waals surface area (Å²) in [6.45, 7) is 12.7. The molecule has 1 aliphatic heterocycles. The molecule has 0 aromatic heterocycles. The summed E-state index contributed by atoms with van der Waals surface area (Å²) in [7, 11) is 0. The lowest BCUT2D eigenvalue weighted by Crippen LogP contribution is -2.39. The molecule has 0 saturated heterocycles. The summed E-state index contributed by atoms with van der Waals surface area (Å²) >= 11 is 0. The number of carbonyl (C=O) groups is 1. The zero-order chi connectivity index (χ0) is 12.4. The Hall–Kier alpha value is -0.790. The molecular formula is C14H22O2. The number of carbonyl (C=O) groups excluding carboxylic acids is 1. The minimum absolute atomic E-state index is 0.0480. The Balaban J connectivity index is 2.49. The molecule has 0 N–H and O–H groups in total. The Morgan fingerprint density at radius 2 is 1.56 bits per heavy atom. The number of Topliss-reactive ketones (excluding diaryl/α,β-unsaturated/α-hetero) is 1. The SMILES string of the molecule is CC1(C)CC(=O)C2=C(C1)OC(C)(C)C2(C)C. The maximum atomic E-state index is 12.3. The van der Waals surface area contributed by atoms with Gasteiger partial charge in [0.15, 0.2) is 5.78 Å². The fraction of sp³-hybridized carbons (Fsp3) is 0.786.